The maximum absolute atomic E-state index is 12.4. The number of para-hydroxylation sites is 1. The van der Waals surface area contributed by atoms with Crippen molar-refractivity contribution in [2.24, 2.45) is 0 Å². The number of amides is 1. The topological polar surface area (TPSA) is 32.3 Å². The van der Waals surface area contributed by atoms with Crippen molar-refractivity contribution in [2.75, 3.05) is 18.4 Å². The molecule has 1 atom stereocenters. The van der Waals surface area contributed by atoms with Crippen LogP contribution in [0.1, 0.15) is 32.3 Å². The fourth-order valence-corrected chi connectivity index (χ4v) is 2.44. The zero-order valence-electron chi connectivity index (χ0n) is 11.3. The van der Waals surface area contributed by atoms with E-state index in [2.05, 4.69) is 25.2 Å². The van der Waals surface area contributed by atoms with Crippen LogP contribution >= 0.6 is 0 Å². The molecule has 1 unspecified atom stereocenters. The Labute approximate surface area is 109 Å². The Morgan fingerprint density at radius 2 is 2.17 bits per heavy atom. The van der Waals surface area contributed by atoms with Gasteiger partial charge in [-0.15, -0.1) is 0 Å². The first-order valence-electron chi connectivity index (χ1n) is 6.89. The minimum Gasteiger partial charge on any atom is -0.373 e. The number of carbonyl (C=O) groups is 1. The van der Waals surface area contributed by atoms with Gasteiger partial charge in [0.2, 0.25) is 5.91 Å². The van der Waals surface area contributed by atoms with E-state index in [0.29, 0.717) is 0 Å². The van der Waals surface area contributed by atoms with Gasteiger partial charge < -0.3 is 10.2 Å². The first kappa shape index (κ1) is 12.9. The quantitative estimate of drug-likeness (QED) is 0.866. The van der Waals surface area contributed by atoms with Crippen LogP contribution in [0.4, 0.5) is 5.69 Å². The molecule has 0 aromatic heterocycles. The first-order valence-corrected chi connectivity index (χ1v) is 6.89. The van der Waals surface area contributed by atoms with E-state index >= 15 is 0 Å². The third-order valence-corrected chi connectivity index (χ3v) is 3.54. The maximum Gasteiger partial charge on any atom is 0.245 e. The van der Waals surface area contributed by atoms with Crippen molar-refractivity contribution >= 4 is 11.6 Å². The lowest BCUT2D eigenvalue weighted by Crippen LogP contribution is -2.42. The van der Waals surface area contributed by atoms with Gasteiger partial charge in [0, 0.05) is 25.2 Å². The second-order valence-corrected chi connectivity index (χ2v) is 4.83. The van der Waals surface area contributed by atoms with Crippen LogP contribution in [0.5, 0.6) is 0 Å². The monoisotopic (exact) mass is 246 g/mol. The van der Waals surface area contributed by atoms with E-state index in [1.807, 2.05) is 23.1 Å². The Hall–Kier alpha value is -1.51. The van der Waals surface area contributed by atoms with Gasteiger partial charge in [-0.25, -0.2) is 0 Å². The van der Waals surface area contributed by atoms with Gasteiger partial charge in [0.15, 0.2) is 0 Å². The van der Waals surface area contributed by atoms with E-state index in [1.54, 1.807) is 0 Å². The Bertz CT molecular complexity index is 392. The molecule has 1 N–H and O–H groups in total. The number of anilines is 1. The molecule has 1 aliphatic rings. The molecule has 0 aliphatic carbocycles. The largest absolute Gasteiger partial charge is 0.373 e. The van der Waals surface area contributed by atoms with Crippen molar-refractivity contribution < 1.29 is 4.79 Å². The number of unbranched alkanes of at least 4 members (excludes halogenated alkanes) is 1. The SMILES string of the molecule is CCCCN(CC)C(=O)C1Cc2ccccc2N1. The van der Waals surface area contributed by atoms with Crippen LogP contribution in [0.25, 0.3) is 0 Å². The van der Waals surface area contributed by atoms with Gasteiger partial charge in [-0.2, -0.15) is 0 Å². The molecule has 0 radical (unpaired) electrons. The average Bonchev–Trinajstić information content (AvgIpc) is 2.83. The Balaban J connectivity index is 1.99. The number of hydrogen-bond donors (Lipinski definition) is 1. The van der Waals surface area contributed by atoms with Crippen LogP contribution in [0, 0.1) is 0 Å². The van der Waals surface area contributed by atoms with Crippen molar-refractivity contribution in [3.05, 3.63) is 29.8 Å². The first-order chi connectivity index (χ1) is 8.76. The Kier molecular flexibility index (Phi) is 4.24. The number of nitrogens with one attached hydrogen (secondary N) is 1. The third-order valence-electron chi connectivity index (χ3n) is 3.54. The van der Waals surface area contributed by atoms with Crippen LogP contribution in [-0.4, -0.2) is 29.9 Å². The number of likely N-dealkylation sites (N-methyl/N-ethyl adjacent to an activating group) is 1. The van der Waals surface area contributed by atoms with Crippen LogP contribution in [-0.2, 0) is 11.2 Å². The summed E-state index contributed by atoms with van der Waals surface area (Å²) in [6.45, 7) is 5.88. The Morgan fingerprint density at radius 3 is 2.83 bits per heavy atom. The molecule has 0 saturated carbocycles. The molecule has 1 aromatic rings. The summed E-state index contributed by atoms with van der Waals surface area (Å²) in [7, 11) is 0. The third kappa shape index (κ3) is 2.66. The van der Waals surface area contributed by atoms with E-state index in [1.165, 1.54) is 5.56 Å². The molecule has 2 rings (SSSR count). The van der Waals surface area contributed by atoms with Gasteiger partial charge in [0.25, 0.3) is 0 Å². The summed E-state index contributed by atoms with van der Waals surface area (Å²) in [6.07, 6.45) is 3.03. The summed E-state index contributed by atoms with van der Waals surface area (Å²) in [5.41, 5.74) is 2.37. The maximum atomic E-state index is 12.4. The fourth-order valence-electron chi connectivity index (χ4n) is 2.44. The molecule has 0 spiro atoms. The van der Waals surface area contributed by atoms with Crippen molar-refractivity contribution in [1.29, 1.82) is 0 Å². The average molecular weight is 246 g/mol. The lowest BCUT2D eigenvalue weighted by atomic mass is 10.1. The Morgan fingerprint density at radius 1 is 1.39 bits per heavy atom. The molecule has 1 aliphatic heterocycles. The normalized spacial score (nSPS) is 17.1. The summed E-state index contributed by atoms with van der Waals surface area (Å²) >= 11 is 0. The fraction of sp³-hybridized carbons (Fsp3) is 0.533. The van der Waals surface area contributed by atoms with E-state index in [9.17, 15) is 4.79 Å². The highest BCUT2D eigenvalue weighted by Gasteiger charge is 2.28. The molecule has 3 nitrogen and oxygen atoms in total. The smallest absolute Gasteiger partial charge is 0.245 e. The number of hydrogen-bond acceptors (Lipinski definition) is 2. The number of rotatable bonds is 5. The van der Waals surface area contributed by atoms with Gasteiger partial charge in [-0.3, -0.25) is 4.79 Å². The molecule has 0 saturated heterocycles. The number of benzene rings is 1. The molecule has 18 heavy (non-hydrogen) atoms. The van der Waals surface area contributed by atoms with Crippen molar-refractivity contribution in [1.82, 2.24) is 4.90 Å². The van der Waals surface area contributed by atoms with Crippen molar-refractivity contribution in [3.8, 4) is 0 Å². The molecule has 98 valence electrons. The lowest BCUT2D eigenvalue weighted by Gasteiger charge is -2.24. The van der Waals surface area contributed by atoms with Crippen molar-refractivity contribution in [2.45, 2.75) is 39.2 Å². The molecule has 3 heteroatoms. The minimum atomic E-state index is -0.0702. The molecule has 0 fully saturated rings. The van der Waals surface area contributed by atoms with E-state index in [-0.39, 0.29) is 11.9 Å². The standard InChI is InChI=1S/C15H22N2O/c1-3-5-10-17(4-2)15(18)14-11-12-8-6-7-9-13(12)16-14/h6-9,14,16H,3-5,10-11H2,1-2H3. The van der Waals surface area contributed by atoms with Crippen LogP contribution in [0.15, 0.2) is 24.3 Å². The number of nitrogens with zero attached hydrogens (tertiary/aromatic N) is 1. The van der Waals surface area contributed by atoms with Gasteiger partial charge in [0.1, 0.15) is 6.04 Å². The van der Waals surface area contributed by atoms with Crippen LogP contribution < -0.4 is 5.32 Å². The van der Waals surface area contributed by atoms with E-state index < -0.39 is 0 Å². The molecular weight excluding hydrogens is 224 g/mol. The zero-order valence-corrected chi connectivity index (χ0v) is 11.3. The van der Waals surface area contributed by atoms with Crippen LogP contribution in [0.3, 0.4) is 0 Å². The second kappa shape index (κ2) is 5.89. The van der Waals surface area contributed by atoms with Gasteiger partial charge >= 0.3 is 0 Å². The second-order valence-electron chi connectivity index (χ2n) is 4.83. The zero-order chi connectivity index (χ0) is 13.0. The number of carbonyl (C=O) groups excluding carboxylic acids is 1. The molecule has 1 heterocycles. The predicted molar refractivity (Wildman–Crippen MR) is 74.7 cm³/mol. The summed E-state index contributed by atoms with van der Waals surface area (Å²) in [4.78, 5) is 14.4. The van der Waals surface area contributed by atoms with Gasteiger partial charge in [-0.1, -0.05) is 31.5 Å². The number of fused-ring (bicyclic) bond motifs is 1. The minimum absolute atomic E-state index is 0.0702. The molecular formula is C15H22N2O. The van der Waals surface area contributed by atoms with E-state index in [0.717, 1.165) is 38.0 Å². The highest BCUT2D eigenvalue weighted by Crippen LogP contribution is 2.26. The summed E-state index contributed by atoms with van der Waals surface area (Å²) < 4.78 is 0. The predicted octanol–water partition coefficient (Wildman–Crippen LogP) is 2.67. The highest BCUT2D eigenvalue weighted by atomic mass is 16.2. The van der Waals surface area contributed by atoms with Gasteiger partial charge in [-0.05, 0) is 25.0 Å². The van der Waals surface area contributed by atoms with Crippen molar-refractivity contribution in [3.63, 3.8) is 0 Å². The summed E-state index contributed by atoms with van der Waals surface area (Å²) in [6, 6.07) is 8.11. The molecule has 1 aromatic carbocycles. The van der Waals surface area contributed by atoms with Gasteiger partial charge in [0.05, 0.1) is 0 Å². The van der Waals surface area contributed by atoms with E-state index in [4.69, 9.17) is 0 Å². The lowest BCUT2D eigenvalue weighted by molar-refractivity contribution is -0.131. The van der Waals surface area contributed by atoms with Crippen LogP contribution in [0.2, 0.25) is 0 Å². The molecule has 1 amide bonds. The highest BCUT2D eigenvalue weighted by molar-refractivity contribution is 5.87. The molecule has 0 bridgehead atoms. The summed E-state index contributed by atoms with van der Waals surface area (Å²) in [5, 5.41) is 3.33. The summed E-state index contributed by atoms with van der Waals surface area (Å²) in [5.74, 6) is 0.238.